The first kappa shape index (κ1) is 13.4. The molecule has 4 heteroatoms. The van der Waals surface area contributed by atoms with Crippen LogP contribution in [0.4, 0.5) is 5.69 Å². The second-order valence-electron chi connectivity index (χ2n) is 4.88. The Morgan fingerprint density at radius 2 is 1.62 bits per heavy atom. The minimum atomic E-state index is -0.217. The van der Waals surface area contributed by atoms with Crippen LogP contribution < -0.4 is 4.90 Å². The Kier molecular flexibility index (Phi) is 3.69. The number of anilines is 1. The Morgan fingerprint density at radius 1 is 0.952 bits per heavy atom. The van der Waals surface area contributed by atoms with E-state index in [2.05, 4.69) is 0 Å². The number of hydrogen-bond acceptors (Lipinski definition) is 4. The molecular weight excluding hydrogens is 266 g/mol. The summed E-state index contributed by atoms with van der Waals surface area (Å²) in [5.41, 5.74) is 2.24. The molecule has 1 heterocycles. The molecule has 3 rings (SSSR count). The molecule has 1 saturated heterocycles. The third-order valence-corrected chi connectivity index (χ3v) is 3.47. The maximum Gasteiger partial charge on any atom is 0.325 e. The van der Waals surface area contributed by atoms with Gasteiger partial charge in [-0.2, -0.15) is 0 Å². The van der Waals surface area contributed by atoms with Gasteiger partial charge in [-0.15, -0.1) is 0 Å². The number of ketones is 1. The minimum Gasteiger partial charge on any atom is -0.462 e. The summed E-state index contributed by atoms with van der Waals surface area (Å²) in [6, 6.07) is 16.5. The summed E-state index contributed by atoms with van der Waals surface area (Å²) in [5.74, 6) is -0.217. The van der Waals surface area contributed by atoms with Crippen LogP contribution in [0.15, 0.2) is 54.6 Å². The molecule has 2 aromatic carbocycles. The smallest absolute Gasteiger partial charge is 0.325 e. The van der Waals surface area contributed by atoms with E-state index in [1.54, 1.807) is 24.3 Å². The Bertz CT molecular complexity index is 649. The first-order valence-electron chi connectivity index (χ1n) is 6.84. The van der Waals surface area contributed by atoms with Crippen molar-refractivity contribution in [2.75, 3.05) is 24.6 Å². The zero-order valence-electron chi connectivity index (χ0n) is 11.5. The van der Waals surface area contributed by atoms with Crippen molar-refractivity contribution in [2.45, 2.75) is 0 Å². The largest absolute Gasteiger partial charge is 0.462 e. The zero-order chi connectivity index (χ0) is 14.7. The van der Waals surface area contributed by atoms with Crippen molar-refractivity contribution in [1.29, 1.82) is 0 Å². The van der Waals surface area contributed by atoms with Crippen LogP contribution in [0.2, 0.25) is 0 Å². The molecule has 0 aliphatic carbocycles. The van der Waals surface area contributed by atoms with E-state index in [4.69, 9.17) is 4.74 Å². The zero-order valence-corrected chi connectivity index (χ0v) is 11.5. The molecule has 21 heavy (non-hydrogen) atoms. The van der Waals surface area contributed by atoms with E-state index in [0.29, 0.717) is 24.3 Å². The lowest BCUT2D eigenvalue weighted by atomic mass is 10.0. The number of morpholine rings is 1. The highest BCUT2D eigenvalue weighted by atomic mass is 16.5. The maximum atomic E-state index is 12.3. The lowest BCUT2D eigenvalue weighted by molar-refractivity contribution is -0.143. The van der Waals surface area contributed by atoms with Gasteiger partial charge in [0.1, 0.15) is 13.2 Å². The molecule has 0 atom stereocenters. The second-order valence-corrected chi connectivity index (χ2v) is 4.88. The van der Waals surface area contributed by atoms with Crippen molar-refractivity contribution < 1.29 is 14.3 Å². The number of rotatable bonds is 3. The van der Waals surface area contributed by atoms with E-state index >= 15 is 0 Å². The molecule has 0 N–H and O–H groups in total. The molecule has 0 saturated carbocycles. The quantitative estimate of drug-likeness (QED) is 0.639. The van der Waals surface area contributed by atoms with Gasteiger partial charge >= 0.3 is 5.97 Å². The van der Waals surface area contributed by atoms with E-state index in [1.165, 1.54) is 0 Å². The Labute approximate surface area is 123 Å². The van der Waals surface area contributed by atoms with E-state index in [9.17, 15) is 9.59 Å². The topological polar surface area (TPSA) is 46.6 Å². The number of carbonyl (C=O) groups excluding carboxylic acids is 2. The van der Waals surface area contributed by atoms with Gasteiger partial charge in [-0.05, 0) is 24.3 Å². The molecule has 0 spiro atoms. The fourth-order valence-electron chi connectivity index (χ4n) is 2.35. The van der Waals surface area contributed by atoms with Crippen molar-refractivity contribution in [3.63, 3.8) is 0 Å². The van der Waals surface area contributed by atoms with Gasteiger partial charge < -0.3 is 9.64 Å². The number of cyclic esters (lactones) is 1. The van der Waals surface area contributed by atoms with Crippen LogP contribution in [0.5, 0.6) is 0 Å². The number of esters is 1. The van der Waals surface area contributed by atoms with Gasteiger partial charge in [0.25, 0.3) is 0 Å². The summed E-state index contributed by atoms with van der Waals surface area (Å²) in [5, 5.41) is 0. The lowest BCUT2D eigenvalue weighted by Crippen LogP contribution is -2.39. The monoisotopic (exact) mass is 281 g/mol. The molecule has 0 radical (unpaired) electrons. The molecule has 1 aliphatic rings. The Balaban J connectivity index is 1.78. The number of carbonyl (C=O) groups is 2. The third-order valence-electron chi connectivity index (χ3n) is 3.47. The Hall–Kier alpha value is -2.62. The van der Waals surface area contributed by atoms with Gasteiger partial charge in [0.2, 0.25) is 0 Å². The van der Waals surface area contributed by atoms with E-state index in [-0.39, 0.29) is 18.3 Å². The van der Waals surface area contributed by atoms with Crippen LogP contribution in [0.1, 0.15) is 15.9 Å². The highest BCUT2D eigenvalue weighted by Crippen LogP contribution is 2.18. The van der Waals surface area contributed by atoms with Crippen molar-refractivity contribution in [3.05, 3.63) is 65.7 Å². The van der Waals surface area contributed by atoms with Gasteiger partial charge in [-0.3, -0.25) is 9.59 Å². The SMILES string of the molecule is O=C1CN(c2ccc(C(=O)c3ccccc3)cc2)CCO1. The van der Waals surface area contributed by atoms with Gasteiger partial charge in [-0.1, -0.05) is 30.3 Å². The van der Waals surface area contributed by atoms with Gasteiger partial charge in [0.05, 0.1) is 6.54 Å². The molecule has 0 bridgehead atoms. The van der Waals surface area contributed by atoms with E-state index in [1.807, 2.05) is 35.2 Å². The molecule has 0 aromatic heterocycles. The highest BCUT2D eigenvalue weighted by Gasteiger charge is 2.18. The summed E-state index contributed by atoms with van der Waals surface area (Å²) >= 11 is 0. The first-order valence-corrected chi connectivity index (χ1v) is 6.84. The number of ether oxygens (including phenoxy) is 1. The standard InChI is InChI=1S/C17H15NO3/c19-16-12-18(10-11-21-16)15-8-6-14(7-9-15)17(20)13-4-2-1-3-5-13/h1-9H,10-12H2. The fourth-order valence-corrected chi connectivity index (χ4v) is 2.35. The average Bonchev–Trinajstić information content (AvgIpc) is 2.55. The second kappa shape index (κ2) is 5.79. The van der Waals surface area contributed by atoms with Crippen molar-refractivity contribution >= 4 is 17.4 Å². The van der Waals surface area contributed by atoms with Gasteiger partial charge in [-0.25, -0.2) is 0 Å². The first-order chi connectivity index (χ1) is 10.2. The predicted octanol–water partition coefficient (Wildman–Crippen LogP) is 2.28. The van der Waals surface area contributed by atoms with Crippen LogP contribution in [0.3, 0.4) is 0 Å². The average molecular weight is 281 g/mol. The maximum absolute atomic E-state index is 12.3. The van der Waals surface area contributed by atoms with Crippen LogP contribution in [0.25, 0.3) is 0 Å². The van der Waals surface area contributed by atoms with Crippen LogP contribution in [0, 0.1) is 0 Å². The molecule has 2 aromatic rings. The van der Waals surface area contributed by atoms with E-state index < -0.39 is 0 Å². The van der Waals surface area contributed by atoms with Crippen LogP contribution in [-0.4, -0.2) is 31.4 Å². The number of hydrogen-bond donors (Lipinski definition) is 0. The minimum absolute atomic E-state index is 0.000189. The predicted molar refractivity (Wildman–Crippen MR) is 79.5 cm³/mol. The van der Waals surface area contributed by atoms with Crippen molar-refractivity contribution in [2.24, 2.45) is 0 Å². The molecule has 4 nitrogen and oxygen atoms in total. The number of nitrogens with zero attached hydrogens (tertiary/aromatic N) is 1. The molecule has 1 aliphatic heterocycles. The normalized spacial score (nSPS) is 14.7. The summed E-state index contributed by atoms with van der Waals surface area (Å²) in [6.45, 7) is 1.34. The van der Waals surface area contributed by atoms with Crippen molar-refractivity contribution in [1.82, 2.24) is 0 Å². The number of benzene rings is 2. The lowest BCUT2D eigenvalue weighted by Gasteiger charge is -2.27. The summed E-state index contributed by atoms with van der Waals surface area (Å²) < 4.78 is 4.91. The summed E-state index contributed by atoms with van der Waals surface area (Å²) in [7, 11) is 0. The summed E-state index contributed by atoms with van der Waals surface area (Å²) in [4.78, 5) is 25.5. The van der Waals surface area contributed by atoms with Gasteiger partial charge in [0, 0.05) is 16.8 Å². The third kappa shape index (κ3) is 2.94. The fraction of sp³-hybridized carbons (Fsp3) is 0.176. The van der Waals surface area contributed by atoms with Gasteiger partial charge in [0.15, 0.2) is 5.78 Å². The molecule has 1 fully saturated rings. The Morgan fingerprint density at radius 3 is 2.29 bits per heavy atom. The molecule has 0 amide bonds. The van der Waals surface area contributed by atoms with Crippen LogP contribution >= 0.6 is 0 Å². The summed E-state index contributed by atoms with van der Waals surface area (Å²) in [6.07, 6.45) is 0. The molecular formula is C17H15NO3. The molecule has 106 valence electrons. The van der Waals surface area contributed by atoms with Crippen LogP contribution in [-0.2, 0) is 9.53 Å². The molecule has 0 unspecified atom stereocenters. The van der Waals surface area contributed by atoms with E-state index in [0.717, 1.165) is 5.69 Å². The van der Waals surface area contributed by atoms with Crippen molar-refractivity contribution in [3.8, 4) is 0 Å². The highest BCUT2D eigenvalue weighted by molar-refractivity contribution is 6.09.